The number of carbonyl (C=O) groups is 1. The van der Waals surface area contributed by atoms with E-state index in [1.807, 2.05) is 26.0 Å². The Labute approximate surface area is 82.8 Å². The lowest BCUT2D eigenvalue weighted by molar-refractivity contribution is -0.137. The van der Waals surface area contributed by atoms with Crippen molar-refractivity contribution in [2.45, 2.75) is 26.3 Å². The molecule has 0 spiro atoms. The summed E-state index contributed by atoms with van der Waals surface area (Å²) in [7, 11) is 0. The van der Waals surface area contributed by atoms with Crippen molar-refractivity contribution in [1.82, 2.24) is 0 Å². The van der Waals surface area contributed by atoms with Gasteiger partial charge in [-0.1, -0.05) is 6.07 Å². The van der Waals surface area contributed by atoms with E-state index in [1.54, 1.807) is 0 Å². The molecular weight excluding hydrogens is 178 g/mol. The Balaban J connectivity index is 2.40. The molecule has 0 aliphatic carbocycles. The molecular formula is C11H13NO2. The SMILES string of the molecule is Cc1ccc2c(c1C)C[C@H](C(=O)O)N2. The van der Waals surface area contributed by atoms with Gasteiger partial charge in [0.2, 0.25) is 0 Å². The van der Waals surface area contributed by atoms with Gasteiger partial charge in [-0.25, -0.2) is 4.79 Å². The van der Waals surface area contributed by atoms with Gasteiger partial charge in [0, 0.05) is 12.1 Å². The van der Waals surface area contributed by atoms with Crippen LogP contribution in [-0.2, 0) is 11.2 Å². The molecule has 14 heavy (non-hydrogen) atoms. The topological polar surface area (TPSA) is 49.3 Å². The van der Waals surface area contributed by atoms with Gasteiger partial charge in [-0.3, -0.25) is 0 Å². The maximum Gasteiger partial charge on any atom is 0.326 e. The normalized spacial score (nSPS) is 18.9. The van der Waals surface area contributed by atoms with Crippen molar-refractivity contribution in [3.8, 4) is 0 Å². The zero-order chi connectivity index (χ0) is 10.3. The van der Waals surface area contributed by atoms with Crippen molar-refractivity contribution in [2.24, 2.45) is 0 Å². The first-order valence-corrected chi connectivity index (χ1v) is 4.68. The third kappa shape index (κ3) is 1.25. The van der Waals surface area contributed by atoms with Gasteiger partial charge in [-0.05, 0) is 36.6 Å². The number of hydrogen-bond donors (Lipinski definition) is 2. The van der Waals surface area contributed by atoms with Crippen LogP contribution < -0.4 is 5.32 Å². The highest BCUT2D eigenvalue weighted by Gasteiger charge is 2.27. The van der Waals surface area contributed by atoms with Gasteiger partial charge >= 0.3 is 5.97 Å². The number of rotatable bonds is 1. The first kappa shape index (κ1) is 9.06. The second kappa shape index (κ2) is 3.01. The van der Waals surface area contributed by atoms with Crippen LogP contribution in [0.2, 0.25) is 0 Å². The average molecular weight is 191 g/mol. The molecule has 0 unspecified atom stereocenters. The van der Waals surface area contributed by atoms with Crippen LogP contribution in [0.25, 0.3) is 0 Å². The number of aliphatic carboxylic acids is 1. The number of nitrogens with one attached hydrogen (secondary N) is 1. The molecule has 3 heteroatoms. The van der Waals surface area contributed by atoms with E-state index in [9.17, 15) is 4.79 Å². The van der Waals surface area contributed by atoms with E-state index in [1.165, 1.54) is 11.1 Å². The molecule has 0 bridgehead atoms. The Morgan fingerprint density at radius 1 is 1.50 bits per heavy atom. The third-order valence-corrected chi connectivity index (χ3v) is 2.91. The number of hydrogen-bond acceptors (Lipinski definition) is 2. The van der Waals surface area contributed by atoms with Gasteiger partial charge in [0.05, 0.1) is 0 Å². The van der Waals surface area contributed by atoms with Crippen LogP contribution in [0.1, 0.15) is 16.7 Å². The Hall–Kier alpha value is -1.51. The van der Waals surface area contributed by atoms with E-state index >= 15 is 0 Å². The summed E-state index contributed by atoms with van der Waals surface area (Å²) < 4.78 is 0. The Morgan fingerprint density at radius 3 is 2.86 bits per heavy atom. The van der Waals surface area contributed by atoms with Crippen LogP contribution in [0, 0.1) is 13.8 Å². The van der Waals surface area contributed by atoms with E-state index < -0.39 is 12.0 Å². The zero-order valence-electron chi connectivity index (χ0n) is 8.29. The van der Waals surface area contributed by atoms with Gasteiger partial charge in [-0.15, -0.1) is 0 Å². The van der Waals surface area contributed by atoms with Crippen molar-refractivity contribution < 1.29 is 9.90 Å². The molecule has 1 heterocycles. The summed E-state index contributed by atoms with van der Waals surface area (Å²) in [6, 6.07) is 3.52. The second-order valence-electron chi connectivity index (χ2n) is 3.77. The zero-order valence-corrected chi connectivity index (χ0v) is 8.29. The minimum atomic E-state index is -0.779. The summed E-state index contributed by atoms with van der Waals surface area (Å²) in [6.45, 7) is 4.09. The van der Waals surface area contributed by atoms with Crippen molar-refractivity contribution in [2.75, 3.05) is 5.32 Å². The molecule has 1 aliphatic rings. The molecule has 2 rings (SSSR count). The number of anilines is 1. The summed E-state index contributed by atoms with van der Waals surface area (Å²) in [5.41, 5.74) is 4.55. The van der Waals surface area contributed by atoms with E-state index in [2.05, 4.69) is 5.32 Å². The van der Waals surface area contributed by atoms with Crippen molar-refractivity contribution in [1.29, 1.82) is 0 Å². The fourth-order valence-corrected chi connectivity index (χ4v) is 1.86. The van der Waals surface area contributed by atoms with Crippen LogP contribution >= 0.6 is 0 Å². The largest absolute Gasteiger partial charge is 0.480 e. The highest BCUT2D eigenvalue weighted by atomic mass is 16.4. The van der Waals surface area contributed by atoms with Gasteiger partial charge in [-0.2, -0.15) is 0 Å². The molecule has 74 valence electrons. The lowest BCUT2D eigenvalue weighted by Crippen LogP contribution is -2.26. The molecule has 1 aliphatic heterocycles. The first-order valence-electron chi connectivity index (χ1n) is 4.68. The summed E-state index contributed by atoms with van der Waals surface area (Å²) >= 11 is 0. The summed E-state index contributed by atoms with van der Waals surface area (Å²) in [5, 5.41) is 11.9. The number of aryl methyl sites for hydroxylation is 1. The maximum atomic E-state index is 10.8. The monoisotopic (exact) mass is 191 g/mol. The Bertz CT molecular complexity index is 399. The fourth-order valence-electron chi connectivity index (χ4n) is 1.86. The molecule has 0 saturated carbocycles. The molecule has 0 aromatic heterocycles. The van der Waals surface area contributed by atoms with Gasteiger partial charge < -0.3 is 10.4 Å². The molecule has 1 aromatic rings. The molecule has 2 N–H and O–H groups in total. The minimum Gasteiger partial charge on any atom is -0.480 e. The first-order chi connectivity index (χ1) is 6.59. The Morgan fingerprint density at radius 2 is 2.21 bits per heavy atom. The summed E-state index contributed by atoms with van der Waals surface area (Å²) in [4.78, 5) is 10.8. The molecule has 3 nitrogen and oxygen atoms in total. The number of carboxylic acids is 1. The van der Waals surface area contributed by atoms with Crippen LogP contribution in [-0.4, -0.2) is 17.1 Å². The molecule has 1 aromatic carbocycles. The van der Waals surface area contributed by atoms with Gasteiger partial charge in [0.15, 0.2) is 0 Å². The standard InChI is InChI=1S/C11H13NO2/c1-6-3-4-9-8(7(6)2)5-10(12-9)11(13)14/h3-4,10,12H,5H2,1-2H3,(H,13,14)/t10-/m1/s1. The smallest absolute Gasteiger partial charge is 0.326 e. The lowest BCUT2D eigenvalue weighted by atomic mass is 10.00. The minimum absolute atomic E-state index is 0.453. The Kier molecular flexibility index (Phi) is 1.95. The third-order valence-electron chi connectivity index (χ3n) is 2.91. The highest BCUT2D eigenvalue weighted by molar-refractivity contribution is 5.81. The molecule has 0 radical (unpaired) electrons. The van der Waals surface area contributed by atoms with Crippen LogP contribution in [0.4, 0.5) is 5.69 Å². The van der Waals surface area contributed by atoms with E-state index in [0.29, 0.717) is 6.42 Å². The van der Waals surface area contributed by atoms with Crippen LogP contribution in [0.15, 0.2) is 12.1 Å². The average Bonchev–Trinajstić information content (AvgIpc) is 2.56. The van der Waals surface area contributed by atoms with Crippen LogP contribution in [0.5, 0.6) is 0 Å². The van der Waals surface area contributed by atoms with E-state index in [-0.39, 0.29) is 0 Å². The van der Waals surface area contributed by atoms with Gasteiger partial charge in [0.25, 0.3) is 0 Å². The van der Waals surface area contributed by atoms with Crippen molar-refractivity contribution in [3.05, 3.63) is 28.8 Å². The highest BCUT2D eigenvalue weighted by Crippen LogP contribution is 2.30. The van der Waals surface area contributed by atoms with Gasteiger partial charge in [0.1, 0.15) is 6.04 Å². The molecule has 0 amide bonds. The number of carboxylic acid groups (broad SMARTS) is 1. The predicted octanol–water partition coefficient (Wildman–Crippen LogP) is 1.72. The van der Waals surface area contributed by atoms with Crippen molar-refractivity contribution >= 4 is 11.7 Å². The maximum absolute atomic E-state index is 10.8. The second-order valence-corrected chi connectivity index (χ2v) is 3.77. The summed E-state index contributed by atoms with van der Waals surface area (Å²) in [6.07, 6.45) is 0.595. The van der Waals surface area contributed by atoms with E-state index in [0.717, 1.165) is 11.3 Å². The predicted molar refractivity (Wildman–Crippen MR) is 54.7 cm³/mol. The van der Waals surface area contributed by atoms with Crippen molar-refractivity contribution in [3.63, 3.8) is 0 Å². The summed E-state index contributed by atoms with van der Waals surface area (Å²) in [5.74, 6) is -0.779. The molecule has 1 atom stereocenters. The fraction of sp³-hybridized carbons (Fsp3) is 0.364. The quantitative estimate of drug-likeness (QED) is 0.710. The number of benzene rings is 1. The molecule has 0 fully saturated rings. The molecule has 0 saturated heterocycles. The van der Waals surface area contributed by atoms with E-state index in [4.69, 9.17) is 5.11 Å². The van der Waals surface area contributed by atoms with Crippen LogP contribution in [0.3, 0.4) is 0 Å². The lowest BCUT2D eigenvalue weighted by Gasteiger charge is -2.05. The number of fused-ring (bicyclic) bond motifs is 1.